The second-order valence-corrected chi connectivity index (χ2v) is 9.33. The van der Waals surface area contributed by atoms with Crippen LogP contribution >= 0.6 is 0 Å². The van der Waals surface area contributed by atoms with Crippen molar-refractivity contribution in [1.82, 2.24) is 0 Å². The van der Waals surface area contributed by atoms with Gasteiger partial charge in [-0.1, -0.05) is 78.9 Å². The lowest BCUT2D eigenvalue weighted by atomic mass is 9.93. The van der Waals surface area contributed by atoms with E-state index in [2.05, 4.69) is 49.4 Å². The summed E-state index contributed by atoms with van der Waals surface area (Å²) >= 11 is 0. The predicted molar refractivity (Wildman–Crippen MR) is 150 cm³/mol. The molecule has 0 saturated carbocycles. The maximum atomic E-state index is 6.62. The van der Waals surface area contributed by atoms with Crippen molar-refractivity contribution in [3.8, 4) is 34.5 Å². The standard InChI is InChI=1S/C34H24O4/c1-22-12-4-2-3-5-15-25(33-30(20-22)35-26-16-8-10-18-28(26)37-33)32-24-14-7-6-13-23(24)21-31-34(32)38-29-19-11-9-17-27(29)36-31/h2,4-21H,3H2,1H3/b4-2?,15-5+,22-12+,30-20+,33-25?. The van der Waals surface area contributed by atoms with Crippen LogP contribution in [0.15, 0.2) is 132 Å². The number of para-hydroxylation sites is 4. The predicted octanol–water partition coefficient (Wildman–Crippen LogP) is 9.27. The van der Waals surface area contributed by atoms with E-state index in [-0.39, 0.29) is 0 Å². The van der Waals surface area contributed by atoms with E-state index in [9.17, 15) is 0 Å². The summed E-state index contributed by atoms with van der Waals surface area (Å²) < 4.78 is 26.0. The third-order valence-corrected chi connectivity index (χ3v) is 6.68. The van der Waals surface area contributed by atoms with E-state index >= 15 is 0 Å². The highest BCUT2D eigenvalue weighted by Gasteiger charge is 2.30. The first-order chi connectivity index (χ1) is 18.7. The van der Waals surface area contributed by atoms with E-state index in [1.165, 1.54) is 0 Å². The van der Waals surface area contributed by atoms with Crippen molar-refractivity contribution in [1.29, 1.82) is 0 Å². The first-order valence-electron chi connectivity index (χ1n) is 12.7. The fourth-order valence-corrected chi connectivity index (χ4v) is 4.91. The highest BCUT2D eigenvalue weighted by molar-refractivity contribution is 6.02. The Hall–Kier alpha value is -4.96. The Balaban J connectivity index is 1.55. The topological polar surface area (TPSA) is 36.9 Å². The third kappa shape index (κ3) is 3.87. The molecule has 7 rings (SSSR count). The molecule has 184 valence electrons. The molecule has 0 fully saturated rings. The molecule has 0 unspecified atom stereocenters. The van der Waals surface area contributed by atoms with Crippen molar-refractivity contribution >= 4 is 16.3 Å². The summed E-state index contributed by atoms with van der Waals surface area (Å²) in [6, 6.07) is 25.7. The Kier molecular flexibility index (Phi) is 5.37. The van der Waals surface area contributed by atoms with Crippen LogP contribution in [0.1, 0.15) is 18.9 Å². The highest BCUT2D eigenvalue weighted by Crippen LogP contribution is 2.52. The van der Waals surface area contributed by atoms with Gasteiger partial charge in [0.05, 0.1) is 0 Å². The first kappa shape index (κ1) is 22.3. The van der Waals surface area contributed by atoms with Crippen molar-refractivity contribution in [2.45, 2.75) is 13.3 Å². The molecule has 0 bridgehead atoms. The molecule has 3 aliphatic rings. The van der Waals surface area contributed by atoms with Gasteiger partial charge >= 0.3 is 0 Å². The van der Waals surface area contributed by atoms with Crippen LogP contribution in [0.3, 0.4) is 0 Å². The van der Waals surface area contributed by atoms with Gasteiger partial charge in [0.15, 0.2) is 46.0 Å². The third-order valence-electron chi connectivity index (χ3n) is 6.68. The van der Waals surface area contributed by atoms with Crippen molar-refractivity contribution < 1.29 is 18.9 Å². The number of hydrogen-bond donors (Lipinski definition) is 0. The van der Waals surface area contributed by atoms with E-state index in [1.807, 2.05) is 72.8 Å². The Bertz CT molecular complexity index is 1750. The zero-order valence-corrected chi connectivity index (χ0v) is 20.8. The molecular formula is C34H24O4. The molecule has 0 atom stereocenters. The largest absolute Gasteiger partial charge is 0.449 e. The van der Waals surface area contributed by atoms with Gasteiger partial charge in [0.2, 0.25) is 0 Å². The Morgan fingerprint density at radius 1 is 0.658 bits per heavy atom. The molecule has 0 spiro atoms. The maximum Gasteiger partial charge on any atom is 0.178 e. The Morgan fingerprint density at radius 2 is 1.34 bits per heavy atom. The molecule has 0 saturated heterocycles. The average Bonchev–Trinajstić information content (AvgIpc) is 2.97. The van der Waals surface area contributed by atoms with Gasteiger partial charge in [-0.05, 0) is 66.1 Å². The van der Waals surface area contributed by atoms with E-state index in [0.29, 0.717) is 46.0 Å². The fraction of sp³-hybridized carbons (Fsp3) is 0.0588. The summed E-state index contributed by atoms with van der Waals surface area (Å²) in [7, 11) is 0. The maximum absolute atomic E-state index is 6.62. The normalized spacial score (nSPS) is 19.3. The molecule has 4 heteroatoms. The van der Waals surface area contributed by atoms with Crippen molar-refractivity contribution in [2.75, 3.05) is 0 Å². The summed E-state index contributed by atoms with van der Waals surface area (Å²) in [6.07, 6.45) is 13.3. The minimum Gasteiger partial charge on any atom is -0.449 e. The van der Waals surface area contributed by atoms with Crippen LogP contribution in [-0.2, 0) is 0 Å². The molecule has 0 N–H and O–H groups in total. The van der Waals surface area contributed by atoms with Gasteiger partial charge in [0, 0.05) is 11.1 Å². The second-order valence-electron chi connectivity index (χ2n) is 9.33. The summed E-state index contributed by atoms with van der Waals surface area (Å²) in [5.74, 6) is 5.26. The van der Waals surface area contributed by atoms with E-state index < -0.39 is 0 Å². The van der Waals surface area contributed by atoms with E-state index in [0.717, 1.165) is 33.9 Å². The van der Waals surface area contributed by atoms with Crippen LogP contribution in [0, 0.1) is 0 Å². The zero-order valence-electron chi connectivity index (χ0n) is 20.8. The Labute approximate surface area is 221 Å². The van der Waals surface area contributed by atoms with Gasteiger partial charge in [0.1, 0.15) is 0 Å². The second kappa shape index (κ2) is 9.16. The summed E-state index contributed by atoms with van der Waals surface area (Å²) in [5, 5.41) is 2.07. The van der Waals surface area contributed by atoms with Crippen LogP contribution in [0.4, 0.5) is 0 Å². The molecule has 0 radical (unpaired) electrons. The number of hydrogen-bond acceptors (Lipinski definition) is 4. The van der Waals surface area contributed by atoms with Crippen molar-refractivity contribution in [2.24, 2.45) is 0 Å². The first-order valence-corrected chi connectivity index (χ1v) is 12.7. The lowest BCUT2D eigenvalue weighted by Crippen LogP contribution is -2.15. The van der Waals surface area contributed by atoms with Crippen LogP contribution in [0.5, 0.6) is 34.5 Å². The molecule has 1 aliphatic carbocycles. The van der Waals surface area contributed by atoms with Gasteiger partial charge in [-0.2, -0.15) is 0 Å². The molecule has 4 aromatic rings. The SMILES string of the molecule is CC1=C\C=CC/C=C/C(c2c3c(cc4ccccc24)Oc2ccccc2O3)=C2Oc3ccccc3O\C2=C\1. The lowest BCUT2D eigenvalue weighted by molar-refractivity contribution is 0.296. The summed E-state index contributed by atoms with van der Waals surface area (Å²) in [6.45, 7) is 2.05. The zero-order chi connectivity index (χ0) is 25.5. The van der Waals surface area contributed by atoms with Crippen LogP contribution in [0.25, 0.3) is 16.3 Å². The molecule has 4 aromatic carbocycles. The minimum absolute atomic E-state index is 0.621. The number of rotatable bonds is 1. The van der Waals surface area contributed by atoms with Gasteiger partial charge in [0.25, 0.3) is 0 Å². The van der Waals surface area contributed by atoms with Crippen LogP contribution in [0.2, 0.25) is 0 Å². The molecule has 2 aliphatic heterocycles. The smallest absolute Gasteiger partial charge is 0.178 e. The highest BCUT2D eigenvalue weighted by atomic mass is 16.6. The monoisotopic (exact) mass is 496 g/mol. The average molecular weight is 497 g/mol. The van der Waals surface area contributed by atoms with Crippen molar-refractivity contribution in [3.05, 3.63) is 138 Å². The number of ether oxygens (including phenoxy) is 4. The van der Waals surface area contributed by atoms with Gasteiger partial charge in [-0.25, -0.2) is 0 Å². The van der Waals surface area contributed by atoms with E-state index in [1.54, 1.807) is 0 Å². The molecule has 0 aromatic heterocycles. The Morgan fingerprint density at radius 3 is 2.16 bits per heavy atom. The number of benzene rings is 4. The molecule has 38 heavy (non-hydrogen) atoms. The van der Waals surface area contributed by atoms with Gasteiger partial charge < -0.3 is 18.9 Å². The van der Waals surface area contributed by atoms with E-state index in [4.69, 9.17) is 18.9 Å². The lowest BCUT2D eigenvalue weighted by Gasteiger charge is -2.28. The van der Waals surface area contributed by atoms with Gasteiger partial charge in [-0.3, -0.25) is 0 Å². The molecular weight excluding hydrogens is 472 g/mol. The van der Waals surface area contributed by atoms with Crippen LogP contribution < -0.4 is 18.9 Å². The minimum atomic E-state index is 0.621. The van der Waals surface area contributed by atoms with Crippen LogP contribution in [-0.4, -0.2) is 0 Å². The fourth-order valence-electron chi connectivity index (χ4n) is 4.91. The quantitative estimate of drug-likeness (QED) is 0.232. The summed E-state index contributed by atoms with van der Waals surface area (Å²) in [4.78, 5) is 0. The van der Waals surface area contributed by atoms with Gasteiger partial charge in [-0.15, -0.1) is 0 Å². The molecule has 0 amide bonds. The number of allylic oxidation sites excluding steroid dienone is 8. The molecule has 2 heterocycles. The number of fused-ring (bicyclic) bond motifs is 5. The van der Waals surface area contributed by atoms with Crippen molar-refractivity contribution in [3.63, 3.8) is 0 Å². The molecule has 4 nitrogen and oxygen atoms in total. The summed E-state index contributed by atoms with van der Waals surface area (Å²) in [5.41, 5.74) is 2.79.